The zero-order valence-corrected chi connectivity index (χ0v) is 12.6. The maximum Gasteiger partial charge on any atom is 0.170 e. The maximum atomic E-state index is 5.90. The summed E-state index contributed by atoms with van der Waals surface area (Å²) < 4.78 is 1.92. The van der Waals surface area contributed by atoms with Crippen LogP contribution in [0, 0.1) is 0 Å². The predicted molar refractivity (Wildman–Crippen MR) is 93.9 cm³/mol. The second kappa shape index (κ2) is 4.73. The van der Waals surface area contributed by atoms with E-state index in [1.165, 1.54) is 6.33 Å². The molecule has 114 valence electrons. The number of nitrogen functional groups attached to an aromatic ring is 1. The van der Waals surface area contributed by atoms with Gasteiger partial charge in [-0.25, -0.2) is 19.9 Å². The lowest BCUT2D eigenvalue weighted by Crippen LogP contribution is -1.98. The molecule has 2 N–H and O–H groups in total. The van der Waals surface area contributed by atoms with Crippen molar-refractivity contribution in [3.05, 3.63) is 61.2 Å². The zero-order chi connectivity index (χ0) is 16.1. The van der Waals surface area contributed by atoms with E-state index in [0.717, 1.165) is 27.5 Å². The van der Waals surface area contributed by atoms with Crippen molar-refractivity contribution in [3.63, 3.8) is 0 Å². The fraction of sp³-hybridized carbons (Fsp3) is 0. The van der Waals surface area contributed by atoms with Gasteiger partial charge in [-0.1, -0.05) is 24.3 Å². The predicted octanol–water partition coefficient (Wildman–Crippen LogP) is 3.10. The monoisotopic (exact) mass is 312 g/mol. The van der Waals surface area contributed by atoms with E-state index in [4.69, 9.17) is 10.7 Å². The molecule has 0 fully saturated rings. The van der Waals surface area contributed by atoms with E-state index in [1.54, 1.807) is 6.33 Å². The topological polar surface area (TPSA) is 82.5 Å². The Morgan fingerprint density at radius 2 is 1.75 bits per heavy atom. The maximum absolute atomic E-state index is 5.90. The van der Waals surface area contributed by atoms with Gasteiger partial charge in [0, 0.05) is 10.8 Å². The standard InChI is InChI=1S/C18H12N6/c19-17-16-18(21-9-20-17)24(10-22-16)15-7-3-6-14-12(15)8-11-4-1-2-5-13(11)23-14/h1-10H,(H2,19,20,21). The molecule has 6 heteroatoms. The molecule has 0 spiro atoms. The number of nitrogens with two attached hydrogens (primary N) is 1. The van der Waals surface area contributed by atoms with Crippen LogP contribution in [0.5, 0.6) is 0 Å². The van der Waals surface area contributed by atoms with Crippen LogP contribution >= 0.6 is 0 Å². The lowest BCUT2D eigenvalue weighted by atomic mass is 10.1. The number of para-hydroxylation sites is 1. The first-order valence-electron chi connectivity index (χ1n) is 7.54. The van der Waals surface area contributed by atoms with Crippen molar-refractivity contribution in [2.24, 2.45) is 0 Å². The molecule has 0 bridgehead atoms. The molecule has 24 heavy (non-hydrogen) atoms. The summed E-state index contributed by atoms with van der Waals surface area (Å²) in [6, 6.07) is 16.2. The molecule has 0 aliphatic rings. The van der Waals surface area contributed by atoms with E-state index < -0.39 is 0 Å². The van der Waals surface area contributed by atoms with Gasteiger partial charge in [-0.2, -0.15) is 0 Å². The molecule has 0 amide bonds. The fourth-order valence-electron chi connectivity index (χ4n) is 3.02. The quantitative estimate of drug-likeness (QED) is 0.481. The Bertz CT molecular complexity index is 1220. The number of hydrogen-bond donors (Lipinski definition) is 1. The van der Waals surface area contributed by atoms with Gasteiger partial charge in [0.15, 0.2) is 17.0 Å². The first kappa shape index (κ1) is 13.0. The minimum Gasteiger partial charge on any atom is -0.382 e. The molecule has 0 aliphatic heterocycles. The number of fused-ring (bicyclic) bond motifs is 3. The van der Waals surface area contributed by atoms with E-state index in [0.29, 0.717) is 17.0 Å². The Balaban J connectivity index is 1.88. The fourth-order valence-corrected chi connectivity index (χ4v) is 3.02. The number of imidazole rings is 1. The highest BCUT2D eigenvalue weighted by Gasteiger charge is 2.12. The lowest BCUT2D eigenvalue weighted by Gasteiger charge is -2.09. The average Bonchev–Trinajstić information content (AvgIpc) is 3.05. The van der Waals surface area contributed by atoms with Gasteiger partial charge in [0.25, 0.3) is 0 Å². The largest absolute Gasteiger partial charge is 0.382 e. The molecule has 0 unspecified atom stereocenters. The third kappa shape index (κ3) is 1.77. The second-order valence-electron chi connectivity index (χ2n) is 5.57. The van der Waals surface area contributed by atoms with Crippen molar-refractivity contribution in [2.45, 2.75) is 0 Å². The Labute approximate surface area is 136 Å². The van der Waals surface area contributed by atoms with Crippen molar-refractivity contribution in [1.29, 1.82) is 0 Å². The van der Waals surface area contributed by atoms with Gasteiger partial charge in [-0.05, 0) is 24.3 Å². The van der Waals surface area contributed by atoms with Gasteiger partial charge in [0.05, 0.1) is 16.7 Å². The summed E-state index contributed by atoms with van der Waals surface area (Å²) in [6.07, 6.45) is 3.17. The third-order valence-corrected chi connectivity index (χ3v) is 4.16. The molecule has 0 atom stereocenters. The number of pyridine rings is 1. The van der Waals surface area contributed by atoms with Gasteiger partial charge in [-0.15, -0.1) is 0 Å². The van der Waals surface area contributed by atoms with E-state index >= 15 is 0 Å². The minimum absolute atomic E-state index is 0.377. The SMILES string of the molecule is Nc1ncnc2c1ncn2-c1cccc2nc3ccccc3cc12. The van der Waals surface area contributed by atoms with Crippen molar-refractivity contribution in [1.82, 2.24) is 24.5 Å². The number of rotatable bonds is 1. The summed E-state index contributed by atoms with van der Waals surface area (Å²) in [4.78, 5) is 17.4. The van der Waals surface area contributed by atoms with Crippen LogP contribution in [0.4, 0.5) is 5.82 Å². The molecule has 6 nitrogen and oxygen atoms in total. The van der Waals surface area contributed by atoms with Gasteiger partial charge in [0.2, 0.25) is 0 Å². The molecule has 0 saturated carbocycles. The highest BCUT2D eigenvalue weighted by Crippen LogP contribution is 2.27. The van der Waals surface area contributed by atoms with Gasteiger partial charge < -0.3 is 5.73 Å². The summed E-state index contributed by atoms with van der Waals surface area (Å²) in [6.45, 7) is 0. The van der Waals surface area contributed by atoms with Crippen LogP contribution in [-0.4, -0.2) is 24.5 Å². The Morgan fingerprint density at radius 1 is 0.875 bits per heavy atom. The highest BCUT2D eigenvalue weighted by molar-refractivity contribution is 5.98. The second-order valence-corrected chi connectivity index (χ2v) is 5.57. The van der Waals surface area contributed by atoms with Crippen molar-refractivity contribution in [2.75, 3.05) is 5.73 Å². The van der Waals surface area contributed by atoms with Crippen molar-refractivity contribution >= 4 is 38.8 Å². The smallest absolute Gasteiger partial charge is 0.170 e. The van der Waals surface area contributed by atoms with Crippen LogP contribution in [0.3, 0.4) is 0 Å². The molecule has 3 heterocycles. The summed E-state index contributed by atoms with van der Waals surface area (Å²) in [5.41, 5.74) is 10.0. The summed E-state index contributed by atoms with van der Waals surface area (Å²) >= 11 is 0. The Kier molecular flexibility index (Phi) is 2.55. The molecule has 5 rings (SSSR count). The minimum atomic E-state index is 0.377. The zero-order valence-electron chi connectivity index (χ0n) is 12.6. The number of benzene rings is 2. The molecular weight excluding hydrogens is 300 g/mol. The van der Waals surface area contributed by atoms with E-state index in [9.17, 15) is 0 Å². The van der Waals surface area contributed by atoms with Gasteiger partial charge in [0.1, 0.15) is 12.7 Å². The van der Waals surface area contributed by atoms with Crippen LogP contribution < -0.4 is 5.73 Å². The average molecular weight is 312 g/mol. The summed E-state index contributed by atoms with van der Waals surface area (Å²) in [7, 11) is 0. The summed E-state index contributed by atoms with van der Waals surface area (Å²) in [5, 5.41) is 2.13. The van der Waals surface area contributed by atoms with E-state index in [2.05, 4.69) is 27.1 Å². The Hall–Kier alpha value is -3.54. The summed E-state index contributed by atoms with van der Waals surface area (Å²) in [5.74, 6) is 0.377. The first-order valence-corrected chi connectivity index (χ1v) is 7.54. The van der Waals surface area contributed by atoms with E-state index in [-0.39, 0.29) is 0 Å². The number of aromatic nitrogens is 5. The molecule has 0 radical (unpaired) electrons. The van der Waals surface area contributed by atoms with Crippen molar-refractivity contribution < 1.29 is 0 Å². The molecule has 3 aromatic heterocycles. The third-order valence-electron chi connectivity index (χ3n) is 4.16. The van der Waals surface area contributed by atoms with Crippen LogP contribution in [0.25, 0.3) is 38.7 Å². The van der Waals surface area contributed by atoms with Gasteiger partial charge in [-0.3, -0.25) is 4.57 Å². The van der Waals surface area contributed by atoms with Crippen LogP contribution in [0.1, 0.15) is 0 Å². The van der Waals surface area contributed by atoms with Gasteiger partial charge >= 0.3 is 0 Å². The normalized spacial score (nSPS) is 11.5. The van der Waals surface area contributed by atoms with Crippen LogP contribution in [0.15, 0.2) is 61.2 Å². The van der Waals surface area contributed by atoms with Crippen LogP contribution in [0.2, 0.25) is 0 Å². The molecule has 2 aromatic carbocycles. The molecule has 5 aromatic rings. The van der Waals surface area contributed by atoms with Crippen molar-refractivity contribution in [3.8, 4) is 5.69 Å². The first-order chi connectivity index (χ1) is 11.8. The molecular formula is C18H12N6. The Morgan fingerprint density at radius 3 is 2.71 bits per heavy atom. The highest BCUT2D eigenvalue weighted by atomic mass is 15.1. The van der Waals surface area contributed by atoms with Crippen LogP contribution in [-0.2, 0) is 0 Å². The lowest BCUT2D eigenvalue weighted by molar-refractivity contribution is 1.07. The van der Waals surface area contributed by atoms with E-state index in [1.807, 2.05) is 41.0 Å². The number of hydrogen-bond acceptors (Lipinski definition) is 5. The molecule has 0 aliphatic carbocycles. The molecule has 0 saturated heterocycles. The number of anilines is 1. The number of nitrogens with zero attached hydrogens (tertiary/aromatic N) is 5.